The highest BCUT2D eigenvalue weighted by molar-refractivity contribution is 6.00. The largest absolute Gasteiger partial charge is 0.387 e. The summed E-state index contributed by atoms with van der Waals surface area (Å²) in [5, 5.41) is 9.18. The van der Waals surface area contributed by atoms with Gasteiger partial charge in [-0.15, -0.1) is 0 Å². The van der Waals surface area contributed by atoms with Gasteiger partial charge in [-0.1, -0.05) is 31.2 Å². The molecule has 36 heavy (non-hydrogen) atoms. The highest BCUT2D eigenvalue weighted by Gasteiger charge is 2.28. The number of nitrogens with zero attached hydrogens (tertiary/aromatic N) is 5. The molecule has 0 radical (unpaired) electrons. The molecule has 1 N–H and O–H groups in total. The molecule has 4 heterocycles. The molecule has 0 bridgehead atoms. The van der Waals surface area contributed by atoms with E-state index in [2.05, 4.69) is 4.98 Å². The van der Waals surface area contributed by atoms with E-state index in [0.29, 0.717) is 55.3 Å². The van der Waals surface area contributed by atoms with Crippen molar-refractivity contribution in [2.45, 2.75) is 38.6 Å². The van der Waals surface area contributed by atoms with E-state index >= 15 is 0 Å². The normalized spacial score (nSPS) is 14.6. The Morgan fingerprint density at radius 1 is 1.08 bits per heavy atom. The van der Waals surface area contributed by atoms with Crippen LogP contribution in [0.25, 0.3) is 33.3 Å². The smallest absolute Gasteiger partial charge is 0.329 e. The number of likely N-dealkylation sites (tertiary alicyclic amines) is 1. The predicted octanol–water partition coefficient (Wildman–Crippen LogP) is 2.63. The summed E-state index contributed by atoms with van der Waals surface area (Å²) in [6.07, 6.45) is 3.89. The van der Waals surface area contributed by atoms with Crippen LogP contribution >= 0.6 is 0 Å². The van der Waals surface area contributed by atoms with Crippen LogP contribution in [0.3, 0.4) is 0 Å². The van der Waals surface area contributed by atoms with Crippen LogP contribution in [0, 0.1) is 0 Å². The number of aliphatic hydroxyl groups excluding tert-OH is 1. The Morgan fingerprint density at radius 3 is 2.47 bits per heavy atom. The predicted molar refractivity (Wildman–Crippen MR) is 137 cm³/mol. The van der Waals surface area contributed by atoms with E-state index in [9.17, 15) is 19.5 Å². The summed E-state index contributed by atoms with van der Waals surface area (Å²) in [6.45, 7) is 2.34. The van der Waals surface area contributed by atoms with Gasteiger partial charge in [0.25, 0.3) is 0 Å². The molecule has 1 amide bonds. The van der Waals surface area contributed by atoms with Gasteiger partial charge in [0, 0.05) is 44.6 Å². The number of amides is 1. The molecular formula is C27H29N5O4. The van der Waals surface area contributed by atoms with E-state index in [-0.39, 0.29) is 23.4 Å². The van der Waals surface area contributed by atoms with Crippen LogP contribution in [0.1, 0.15) is 37.8 Å². The molecule has 0 spiro atoms. The van der Waals surface area contributed by atoms with Crippen LogP contribution in [0.15, 0.2) is 47.4 Å². The zero-order chi connectivity index (χ0) is 25.4. The van der Waals surface area contributed by atoms with Gasteiger partial charge in [0.05, 0.1) is 28.4 Å². The van der Waals surface area contributed by atoms with E-state index in [1.165, 1.54) is 0 Å². The molecule has 0 atom stereocenters. The number of hydrogen-bond acceptors (Lipinski definition) is 6. The summed E-state index contributed by atoms with van der Waals surface area (Å²) in [5.41, 5.74) is 5.32. The van der Waals surface area contributed by atoms with Crippen LogP contribution < -0.4 is 5.69 Å². The lowest BCUT2D eigenvalue weighted by Gasteiger charge is -2.32. The number of piperidine rings is 1. The average molecular weight is 488 g/mol. The van der Waals surface area contributed by atoms with Gasteiger partial charge in [-0.3, -0.25) is 23.7 Å². The van der Waals surface area contributed by atoms with Gasteiger partial charge in [-0.25, -0.2) is 9.78 Å². The SMILES string of the molecule is CCC(=O)Cc1ccc(-c2ccc3ncc4c(c3n2)n(C2CCN(C(=O)CO)CC2)c(=O)n4C)cc1. The number of carbonyl (C=O) groups excluding carboxylic acids is 2. The zero-order valence-corrected chi connectivity index (χ0v) is 20.5. The van der Waals surface area contributed by atoms with Gasteiger partial charge in [0.2, 0.25) is 5.91 Å². The summed E-state index contributed by atoms with van der Waals surface area (Å²) in [7, 11) is 1.74. The third-order valence-corrected chi connectivity index (χ3v) is 7.12. The number of carbonyl (C=O) groups is 2. The number of Topliss-reactive ketones (excluding diaryl/α,β-unsaturated/α-hetero) is 1. The van der Waals surface area contributed by atoms with Gasteiger partial charge in [0.15, 0.2) is 0 Å². The molecule has 0 unspecified atom stereocenters. The van der Waals surface area contributed by atoms with Crippen molar-refractivity contribution in [2.75, 3.05) is 19.7 Å². The first-order valence-corrected chi connectivity index (χ1v) is 12.3. The molecule has 1 aromatic carbocycles. The van der Waals surface area contributed by atoms with Crippen molar-refractivity contribution in [3.05, 3.63) is 58.6 Å². The van der Waals surface area contributed by atoms with E-state index in [0.717, 1.165) is 22.3 Å². The number of rotatable bonds is 6. The van der Waals surface area contributed by atoms with E-state index in [4.69, 9.17) is 4.98 Å². The molecule has 4 aromatic rings. The van der Waals surface area contributed by atoms with Crippen molar-refractivity contribution in [2.24, 2.45) is 7.05 Å². The second-order valence-electron chi connectivity index (χ2n) is 9.30. The number of hydrogen-bond donors (Lipinski definition) is 1. The summed E-state index contributed by atoms with van der Waals surface area (Å²) in [5.74, 6) is -0.0848. The second kappa shape index (κ2) is 9.66. The highest BCUT2D eigenvalue weighted by atomic mass is 16.3. The van der Waals surface area contributed by atoms with Crippen molar-refractivity contribution in [3.8, 4) is 11.3 Å². The molecule has 5 rings (SSSR count). The van der Waals surface area contributed by atoms with Crippen LogP contribution in [0.5, 0.6) is 0 Å². The van der Waals surface area contributed by atoms with Gasteiger partial charge in [-0.05, 0) is 30.5 Å². The Balaban J connectivity index is 1.57. The van der Waals surface area contributed by atoms with Crippen LogP contribution in [-0.2, 0) is 23.1 Å². The zero-order valence-electron chi connectivity index (χ0n) is 20.5. The summed E-state index contributed by atoms with van der Waals surface area (Å²) in [6, 6.07) is 11.6. The van der Waals surface area contributed by atoms with Crippen LogP contribution in [0.4, 0.5) is 0 Å². The van der Waals surface area contributed by atoms with E-state index < -0.39 is 6.61 Å². The fourth-order valence-corrected chi connectivity index (χ4v) is 5.01. The molecule has 9 heteroatoms. The fourth-order valence-electron chi connectivity index (χ4n) is 5.01. The molecule has 1 aliphatic rings. The summed E-state index contributed by atoms with van der Waals surface area (Å²) < 4.78 is 3.40. The van der Waals surface area contributed by atoms with E-state index in [1.54, 1.807) is 27.3 Å². The van der Waals surface area contributed by atoms with Gasteiger partial charge < -0.3 is 10.0 Å². The van der Waals surface area contributed by atoms with Crippen molar-refractivity contribution in [3.63, 3.8) is 0 Å². The minimum atomic E-state index is -0.502. The Hall–Kier alpha value is -3.85. The highest BCUT2D eigenvalue weighted by Crippen LogP contribution is 2.30. The van der Waals surface area contributed by atoms with Crippen molar-refractivity contribution >= 4 is 33.8 Å². The molecule has 9 nitrogen and oxygen atoms in total. The van der Waals surface area contributed by atoms with Gasteiger partial charge in [-0.2, -0.15) is 0 Å². The molecule has 1 fully saturated rings. The lowest BCUT2D eigenvalue weighted by molar-refractivity contribution is -0.135. The average Bonchev–Trinajstić information content (AvgIpc) is 3.18. The van der Waals surface area contributed by atoms with Crippen LogP contribution in [0.2, 0.25) is 0 Å². The Bertz CT molecular complexity index is 1510. The van der Waals surface area contributed by atoms with E-state index in [1.807, 2.05) is 43.3 Å². The maximum Gasteiger partial charge on any atom is 0.329 e. The molecule has 1 aliphatic heterocycles. The molecule has 0 aliphatic carbocycles. The number of benzene rings is 1. The number of pyridine rings is 2. The van der Waals surface area contributed by atoms with Gasteiger partial charge >= 0.3 is 5.69 Å². The Kier molecular flexibility index (Phi) is 6.40. The fraction of sp³-hybridized carbons (Fsp3) is 0.370. The third-order valence-electron chi connectivity index (χ3n) is 7.12. The summed E-state index contributed by atoms with van der Waals surface area (Å²) >= 11 is 0. The Labute approximate surface area is 208 Å². The molecule has 0 saturated carbocycles. The number of aryl methyl sites for hydroxylation is 1. The lowest BCUT2D eigenvalue weighted by atomic mass is 10.0. The first-order chi connectivity index (χ1) is 17.4. The molecule has 3 aromatic heterocycles. The minimum absolute atomic E-state index is 0.0876. The maximum absolute atomic E-state index is 13.3. The topological polar surface area (TPSA) is 110 Å². The first kappa shape index (κ1) is 23.9. The molecule has 1 saturated heterocycles. The number of ketones is 1. The third kappa shape index (κ3) is 4.19. The minimum Gasteiger partial charge on any atom is -0.387 e. The van der Waals surface area contributed by atoms with Crippen LogP contribution in [-0.4, -0.2) is 60.5 Å². The maximum atomic E-state index is 13.3. The first-order valence-electron chi connectivity index (χ1n) is 12.3. The number of aromatic nitrogens is 4. The van der Waals surface area contributed by atoms with Gasteiger partial charge in [0.1, 0.15) is 17.9 Å². The van der Waals surface area contributed by atoms with Crippen molar-refractivity contribution in [1.82, 2.24) is 24.0 Å². The quantitative estimate of drug-likeness (QED) is 0.448. The van der Waals surface area contributed by atoms with Crippen molar-refractivity contribution in [1.29, 1.82) is 0 Å². The standard InChI is InChI=1S/C27H29N5O4/c1-3-20(34)14-17-4-6-18(7-5-17)21-8-9-22-25(29-21)26-23(15-28-22)30(2)27(36)32(26)19-10-12-31(13-11-19)24(35)16-33/h4-9,15,19,33H,3,10-14,16H2,1-2H3. The van der Waals surface area contributed by atoms with Crippen molar-refractivity contribution < 1.29 is 14.7 Å². The Morgan fingerprint density at radius 2 is 1.81 bits per heavy atom. The number of fused-ring (bicyclic) bond motifs is 3. The summed E-state index contributed by atoms with van der Waals surface area (Å²) in [4.78, 5) is 48.2. The monoisotopic (exact) mass is 487 g/mol. The lowest BCUT2D eigenvalue weighted by Crippen LogP contribution is -2.42. The molecule has 186 valence electrons. The number of imidazole rings is 1. The molecular weight excluding hydrogens is 458 g/mol. The number of aliphatic hydroxyl groups is 1. The second-order valence-corrected chi connectivity index (χ2v) is 9.30.